The van der Waals surface area contributed by atoms with Crippen LogP contribution in [0, 0.1) is 10.1 Å². The molecule has 0 fully saturated rings. The molecule has 0 heterocycles. The molecule has 0 bridgehead atoms. The fourth-order valence-electron chi connectivity index (χ4n) is 1.88. The lowest BCUT2D eigenvalue weighted by molar-refractivity contribution is -0.383. The van der Waals surface area contributed by atoms with Gasteiger partial charge >= 0.3 is 6.18 Å². The molecule has 5 nitrogen and oxygen atoms in total. The molecule has 0 radical (unpaired) electrons. The number of rotatable bonds is 3. The van der Waals surface area contributed by atoms with E-state index in [-0.39, 0.29) is 10.7 Å². The van der Waals surface area contributed by atoms with E-state index in [9.17, 15) is 28.1 Å². The van der Waals surface area contributed by atoms with E-state index in [0.29, 0.717) is 0 Å². The van der Waals surface area contributed by atoms with Crippen molar-refractivity contribution in [2.75, 3.05) is 5.32 Å². The van der Waals surface area contributed by atoms with Gasteiger partial charge in [-0.25, -0.2) is 0 Å². The van der Waals surface area contributed by atoms with Crippen molar-refractivity contribution < 1.29 is 22.9 Å². The van der Waals surface area contributed by atoms with Crippen molar-refractivity contribution in [3.05, 3.63) is 68.7 Å². The van der Waals surface area contributed by atoms with Crippen molar-refractivity contribution in [2.24, 2.45) is 0 Å². The Morgan fingerprint density at radius 2 is 1.83 bits per heavy atom. The Balaban J connectivity index is 2.40. The highest BCUT2D eigenvalue weighted by Crippen LogP contribution is 2.33. The van der Waals surface area contributed by atoms with Crippen LogP contribution in [0.4, 0.5) is 24.5 Å². The number of anilines is 1. The Morgan fingerprint density at radius 1 is 1.17 bits per heavy atom. The Morgan fingerprint density at radius 3 is 2.43 bits per heavy atom. The molecule has 120 valence electrons. The summed E-state index contributed by atoms with van der Waals surface area (Å²) in [5.74, 6) is -1.11. The van der Waals surface area contributed by atoms with Crippen LogP contribution in [0.3, 0.4) is 0 Å². The Bertz CT molecular complexity index is 778. The first-order chi connectivity index (χ1) is 10.7. The highest BCUT2D eigenvalue weighted by Gasteiger charge is 2.35. The molecule has 0 atom stereocenters. The molecule has 2 aromatic rings. The molecule has 0 unspecified atom stereocenters. The zero-order chi connectivity index (χ0) is 17.2. The number of alkyl halides is 3. The first-order valence-corrected chi connectivity index (χ1v) is 6.49. The van der Waals surface area contributed by atoms with Crippen molar-refractivity contribution in [1.82, 2.24) is 0 Å². The van der Waals surface area contributed by atoms with Gasteiger partial charge in [0.1, 0.15) is 5.69 Å². The van der Waals surface area contributed by atoms with Gasteiger partial charge in [0.05, 0.1) is 16.1 Å². The molecule has 0 saturated heterocycles. The maximum atomic E-state index is 12.9. The van der Waals surface area contributed by atoms with E-state index in [1.165, 1.54) is 12.1 Å². The number of carbonyl (C=O) groups excluding carboxylic acids is 1. The Hall–Kier alpha value is -2.61. The first-order valence-electron chi connectivity index (χ1n) is 6.11. The molecule has 0 saturated carbocycles. The average Bonchev–Trinajstić information content (AvgIpc) is 2.48. The van der Waals surface area contributed by atoms with Crippen molar-refractivity contribution in [3.8, 4) is 0 Å². The summed E-state index contributed by atoms with van der Waals surface area (Å²) in [5.41, 5.74) is -2.53. The van der Waals surface area contributed by atoms with Crippen LogP contribution >= 0.6 is 11.6 Å². The van der Waals surface area contributed by atoms with Crippen molar-refractivity contribution >= 4 is 28.9 Å². The second-order valence-electron chi connectivity index (χ2n) is 4.42. The van der Waals surface area contributed by atoms with Crippen LogP contribution in [0.2, 0.25) is 5.02 Å². The molecule has 0 spiro atoms. The van der Waals surface area contributed by atoms with Gasteiger partial charge in [-0.2, -0.15) is 13.2 Å². The predicted octanol–water partition coefficient (Wildman–Crippen LogP) is 4.52. The van der Waals surface area contributed by atoms with Crippen molar-refractivity contribution in [2.45, 2.75) is 6.18 Å². The fourth-order valence-corrected chi connectivity index (χ4v) is 2.05. The smallest absolute Gasteiger partial charge is 0.316 e. The van der Waals surface area contributed by atoms with E-state index in [1.807, 2.05) is 0 Å². The standard InChI is InChI=1S/C14H8ClF3N2O3/c15-8-5-6-11(12(7-8)20(22)23)19-13(21)9-3-1-2-4-10(9)14(16,17)18/h1-7H,(H,19,21). The van der Waals surface area contributed by atoms with Crippen molar-refractivity contribution in [3.63, 3.8) is 0 Å². The average molecular weight is 345 g/mol. The summed E-state index contributed by atoms with van der Waals surface area (Å²) >= 11 is 5.63. The minimum Gasteiger partial charge on any atom is -0.316 e. The normalized spacial score (nSPS) is 11.1. The molecule has 0 aliphatic rings. The summed E-state index contributed by atoms with van der Waals surface area (Å²) in [6, 6.07) is 7.57. The number of halogens is 4. The van der Waals surface area contributed by atoms with Gasteiger partial charge in [0, 0.05) is 11.1 Å². The van der Waals surface area contributed by atoms with E-state index in [0.717, 1.165) is 30.3 Å². The zero-order valence-corrected chi connectivity index (χ0v) is 12.0. The Labute approximate surface area is 132 Å². The number of nitrogens with one attached hydrogen (secondary N) is 1. The quantitative estimate of drug-likeness (QED) is 0.657. The summed E-state index contributed by atoms with van der Waals surface area (Å²) in [5, 5.41) is 13.1. The minimum atomic E-state index is -4.72. The number of amides is 1. The molecule has 2 aromatic carbocycles. The highest BCUT2D eigenvalue weighted by molar-refractivity contribution is 6.31. The Kier molecular flexibility index (Phi) is 4.55. The lowest BCUT2D eigenvalue weighted by atomic mass is 10.1. The second kappa shape index (κ2) is 6.25. The number of hydrogen-bond donors (Lipinski definition) is 1. The third kappa shape index (κ3) is 3.78. The van der Waals surface area contributed by atoms with Gasteiger partial charge in [0.15, 0.2) is 0 Å². The van der Waals surface area contributed by atoms with Crippen LogP contribution in [0.5, 0.6) is 0 Å². The predicted molar refractivity (Wildman–Crippen MR) is 77.5 cm³/mol. The monoisotopic (exact) mass is 344 g/mol. The SMILES string of the molecule is O=C(Nc1ccc(Cl)cc1[N+](=O)[O-])c1ccccc1C(F)(F)F. The third-order valence-electron chi connectivity index (χ3n) is 2.88. The molecule has 2 rings (SSSR count). The van der Waals surface area contributed by atoms with Gasteiger partial charge in [0.2, 0.25) is 0 Å². The number of nitrogens with zero attached hydrogens (tertiary/aromatic N) is 1. The number of benzene rings is 2. The number of hydrogen-bond acceptors (Lipinski definition) is 3. The fraction of sp³-hybridized carbons (Fsp3) is 0.0714. The van der Waals surface area contributed by atoms with Crippen LogP contribution in [0.25, 0.3) is 0 Å². The molecular weight excluding hydrogens is 337 g/mol. The topological polar surface area (TPSA) is 72.2 Å². The second-order valence-corrected chi connectivity index (χ2v) is 4.85. The van der Waals surface area contributed by atoms with Crippen molar-refractivity contribution in [1.29, 1.82) is 0 Å². The summed E-state index contributed by atoms with van der Waals surface area (Å²) in [7, 11) is 0. The summed E-state index contributed by atoms with van der Waals surface area (Å²) in [6.45, 7) is 0. The van der Waals surface area contributed by atoms with Crippen LogP contribution in [-0.2, 0) is 6.18 Å². The van der Waals surface area contributed by atoms with Gasteiger partial charge in [-0.3, -0.25) is 14.9 Å². The van der Waals surface area contributed by atoms with Gasteiger partial charge in [-0.05, 0) is 24.3 Å². The molecule has 1 N–H and O–H groups in total. The highest BCUT2D eigenvalue weighted by atomic mass is 35.5. The maximum Gasteiger partial charge on any atom is 0.417 e. The molecule has 0 aliphatic heterocycles. The van der Waals surface area contributed by atoms with E-state index < -0.39 is 33.8 Å². The molecule has 0 aliphatic carbocycles. The first kappa shape index (κ1) is 16.8. The zero-order valence-electron chi connectivity index (χ0n) is 11.2. The number of carbonyl (C=O) groups is 1. The maximum absolute atomic E-state index is 12.9. The van der Waals surface area contributed by atoms with Gasteiger partial charge in [0.25, 0.3) is 11.6 Å². The van der Waals surface area contributed by atoms with Crippen LogP contribution in [-0.4, -0.2) is 10.8 Å². The summed E-state index contributed by atoms with van der Waals surface area (Å²) in [4.78, 5) is 22.2. The van der Waals surface area contributed by atoms with Gasteiger partial charge < -0.3 is 5.32 Å². The third-order valence-corrected chi connectivity index (χ3v) is 3.12. The number of nitro benzene ring substituents is 1. The molecular formula is C14H8ClF3N2O3. The lowest BCUT2D eigenvalue weighted by Gasteiger charge is -2.12. The molecule has 23 heavy (non-hydrogen) atoms. The minimum absolute atomic E-state index is 0.0605. The van der Waals surface area contributed by atoms with Crippen LogP contribution < -0.4 is 5.32 Å². The molecule has 0 aromatic heterocycles. The van der Waals surface area contributed by atoms with Crippen LogP contribution in [0.1, 0.15) is 15.9 Å². The number of nitro groups is 1. The van der Waals surface area contributed by atoms with E-state index in [1.54, 1.807) is 0 Å². The lowest BCUT2D eigenvalue weighted by Crippen LogP contribution is -2.19. The van der Waals surface area contributed by atoms with Crippen LogP contribution in [0.15, 0.2) is 42.5 Å². The van der Waals surface area contributed by atoms with Gasteiger partial charge in [-0.1, -0.05) is 23.7 Å². The molecule has 9 heteroatoms. The van der Waals surface area contributed by atoms with Gasteiger partial charge in [-0.15, -0.1) is 0 Å². The van der Waals surface area contributed by atoms with E-state index in [2.05, 4.69) is 5.32 Å². The van der Waals surface area contributed by atoms with E-state index in [4.69, 9.17) is 11.6 Å². The summed E-state index contributed by atoms with van der Waals surface area (Å²) in [6.07, 6.45) is -4.72. The summed E-state index contributed by atoms with van der Waals surface area (Å²) < 4.78 is 38.7. The largest absolute Gasteiger partial charge is 0.417 e. The van der Waals surface area contributed by atoms with E-state index >= 15 is 0 Å². The molecule has 1 amide bonds.